The number of aromatic nitrogens is 2. The molecule has 0 saturated heterocycles. The third-order valence-electron chi connectivity index (χ3n) is 0.914. The van der Waals surface area contributed by atoms with Crippen molar-refractivity contribution in [3.8, 4) is 6.07 Å². The molecule has 0 aliphatic rings. The summed E-state index contributed by atoms with van der Waals surface area (Å²) in [5.41, 5.74) is 0.217. The zero-order valence-electron chi connectivity index (χ0n) is 4.74. The highest BCUT2D eigenvalue weighted by atomic mass is 79.9. The molecule has 0 aliphatic carbocycles. The van der Waals surface area contributed by atoms with Gasteiger partial charge >= 0.3 is 0 Å². The van der Waals surface area contributed by atoms with Gasteiger partial charge in [-0.15, -0.1) is 0 Å². The first kappa shape index (κ1) is 7.02. The molecule has 0 atom stereocenters. The van der Waals surface area contributed by atoms with Crippen molar-refractivity contribution in [2.75, 3.05) is 0 Å². The highest BCUT2D eigenvalue weighted by Crippen LogP contribution is 2.03. The minimum absolute atomic E-state index is 0.0800. The fourth-order valence-corrected chi connectivity index (χ4v) is 0.837. The Bertz CT molecular complexity index is 277. The quantitative estimate of drug-likeness (QED) is 0.479. The van der Waals surface area contributed by atoms with Crippen molar-refractivity contribution in [1.29, 1.82) is 5.26 Å². The maximum absolute atomic E-state index is 10.5. The van der Waals surface area contributed by atoms with Crippen LogP contribution in [0.2, 0.25) is 0 Å². The maximum Gasteiger partial charge on any atom is 0.298 e. The van der Waals surface area contributed by atoms with Gasteiger partial charge in [0.15, 0.2) is 6.07 Å². The number of nitrogens with zero attached hydrogens (tertiary/aromatic N) is 3. The van der Waals surface area contributed by atoms with Crippen LogP contribution in [0.15, 0.2) is 4.63 Å². The predicted octanol–water partition coefficient (Wildman–Crippen LogP) is 0.0746. The van der Waals surface area contributed by atoms with E-state index in [-0.39, 0.29) is 10.6 Å². The van der Waals surface area contributed by atoms with E-state index in [0.717, 1.165) is 0 Å². The van der Waals surface area contributed by atoms with Gasteiger partial charge in [-0.2, -0.15) is 5.26 Å². The van der Waals surface area contributed by atoms with Crippen LogP contribution in [0.5, 0.6) is 0 Å². The molecule has 0 saturated carbocycles. The summed E-state index contributed by atoms with van der Waals surface area (Å²) in [5.74, 6) is 0. The summed E-state index contributed by atoms with van der Waals surface area (Å²) in [5, 5.41) is 22.5. The first-order valence-electron chi connectivity index (χ1n) is 2.34. The van der Waals surface area contributed by atoms with E-state index >= 15 is 0 Å². The lowest BCUT2D eigenvalue weighted by atomic mass is 10.4. The fraction of sp³-hybridized carbons (Fsp3) is 0.250. The van der Waals surface area contributed by atoms with Gasteiger partial charge in [-0.25, -0.2) is 0 Å². The topological polar surface area (TPSA) is 76.8 Å². The van der Waals surface area contributed by atoms with E-state index in [1.807, 2.05) is 0 Å². The minimum Gasteiger partial charge on any atom is -0.358 e. The van der Waals surface area contributed by atoms with Crippen molar-refractivity contribution < 1.29 is 9.53 Å². The molecule has 0 N–H and O–H groups in total. The highest BCUT2D eigenvalue weighted by Gasteiger charge is 2.16. The molecule has 0 amide bonds. The van der Waals surface area contributed by atoms with Gasteiger partial charge in [0.05, 0.1) is 5.33 Å². The lowest BCUT2D eigenvalue weighted by Crippen LogP contribution is -2.26. The molecule has 5 nitrogen and oxygen atoms in total. The van der Waals surface area contributed by atoms with Gasteiger partial charge in [-0.05, 0) is 4.90 Å². The summed E-state index contributed by atoms with van der Waals surface area (Å²) < 4.78 is 4.14. The summed E-state index contributed by atoms with van der Waals surface area (Å²) in [7, 11) is 0. The summed E-state index contributed by atoms with van der Waals surface area (Å²) in [6.45, 7) is 0. The van der Waals surface area contributed by atoms with Crippen molar-refractivity contribution in [2.24, 2.45) is 0 Å². The average molecular weight is 204 g/mol. The van der Waals surface area contributed by atoms with E-state index in [4.69, 9.17) is 5.26 Å². The molecule has 52 valence electrons. The molecule has 1 aromatic rings. The van der Waals surface area contributed by atoms with E-state index in [1.165, 1.54) is 0 Å². The molecule has 0 fully saturated rings. The van der Waals surface area contributed by atoms with E-state index in [9.17, 15) is 5.21 Å². The summed E-state index contributed by atoms with van der Waals surface area (Å²) in [6.07, 6.45) is 0. The monoisotopic (exact) mass is 203 g/mol. The Kier molecular flexibility index (Phi) is 1.87. The van der Waals surface area contributed by atoms with E-state index < -0.39 is 0 Å². The lowest BCUT2D eigenvalue weighted by molar-refractivity contribution is -0.804. The summed E-state index contributed by atoms with van der Waals surface area (Å²) in [4.78, 5) is 0.0800. The zero-order chi connectivity index (χ0) is 7.56. The third kappa shape index (κ3) is 0.953. The molecule has 6 heteroatoms. The summed E-state index contributed by atoms with van der Waals surface area (Å²) >= 11 is 3.04. The second-order valence-corrected chi connectivity index (χ2v) is 2.03. The number of halogens is 1. The number of nitriles is 1. The SMILES string of the molecule is N#Cc1c(CBr)no[n+]1[O-]. The van der Waals surface area contributed by atoms with Crippen molar-refractivity contribution in [1.82, 2.24) is 5.16 Å². The Hall–Kier alpha value is -1.09. The first-order chi connectivity index (χ1) is 4.79. The number of alkyl halides is 1. The van der Waals surface area contributed by atoms with Gasteiger partial charge in [0.1, 0.15) is 0 Å². The number of hydrogen-bond donors (Lipinski definition) is 0. The third-order valence-corrected chi connectivity index (χ3v) is 1.44. The molecular formula is C4H2BrN3O2. The van der Waals surface area contributed by atoms with Crippen molar-refractivity contribution >= 4 is 15.9 Å². The van der Waals surface area contributed by atoms with E-state index in [0.29, 0.717) is 11.0 Å². The molecule has 0 spiro atoms. The molecular weight excluding hydrogens is 202 g/mol. The molecule has 0 radical (unpaired) electrons. The van der Waals surface area contributed by atoms with Crippen LogP contribution in [0.1, 0.15) is 11.4 Å². The van der Waals surface area contributed by atoms with Crippen LogP contribution in [0.3, 0.4) is 0 Å². The van der Waals surface area contributed by atoms with Gasteiger partial charge in [0.2, 0.25) is 5.69 Å². The molecule has 1 aromatic heterocycles. The molecule has 1 rings (SSSR count). The molecule has 10 heavy (non-hydrogen) atoms. The van der Waals surface area contributed by atoms with Crippen LogP contribution < -0.4 is 4.90 Å². The van der Waals surface area contributed by atoms with Crippen LogP contribution in [-0.4, -0.2) is 5.16 Å². The molecule has 1 heterocycles. The smallest absolute Gasteiger partial charge is 0.298 e. The van der Waals surface area contributed by atoms with Gasteiger partial charge in [-0.3, -0.25) is 4.63 Å². The predicted molar refractivity (Wildman–Crippen MR) is 32.8 cm³/mol. The Morgan fingerprint density at radius 2 is 2.60 bits per heavy atom. The normalized spacial score (nSPS) is 9.20. The Morgan fingerprint density at radius 3 is 3.00 bits per heavy atom. The minimum atomic E-state index is -0.100. The van der Waals surface area contributed by atoms with Crippen LogP contribution >= 0.6 is 15.9 Å². The zero-order valence-corrected chi connectivity index (χ0v) is 6.33. The van der Waals surface area contributed by atoms with Gasteiger partial charge in [0.25, 0.3) is 5.69 Å². The maximum atomic E-state index is 10.5. The van der Waals surface area contributed by atoms with E-state index in [1.54, 1.807) is 6.07 Å². The van der Waals surface area contributed by atoms with Crippen molar-refractivity contribution in [3.63, 3.8) is 0 Å². The molecule has 0 aromatic carbocycles. The standard InChI is InChI=1S/C4H2BrN3O2/c5-1-3-4(2-6)8(9)10-7-3/h1H2. The summed E-state index contributed by atoms with van der Waals surface area (Å²) in [6, 6.07) is 1.66. The van der Waals surface area contributed by atoms with Crippen molar-refractivity contribution in [2.45, 2.75) is 5.33 Å². The molecule has 0 aliphatic heterocycles. The second-order valence-electron chi connectivity index (χ2n) is 1.47. The fourth-order valence-electron chi connectivity index (χ4n) is 0.469. The Labute approximate surface area is 64.5 Å². The largest absolute Gasteiger partial charge is 0.358 e. The van der Waals surface area contributed by atoms with E-state index in [2.05, 4.69) is 25.7 Å². The van der Waals surface area contributed by atoms with Gasteiger partial charge < -0.3 is 5.21 Å². The van der Waals surface area contributed by atoms with Crippen LogP contribution in [0.25, 0.3) is 0 Å². The Morgan fingerprint density at radius 1 is 1.90 bits per heavy atom. The molecule has 0 bridgehead atoms. The van der Waals surface area contributed by atoms with Gasteiger partial charge in [0, 0.05) is 5.16 Å². The lowest BCUT2D eigenvalue weighted by Gasteiger charge is -1.80. The van der Waals surface area contributed by atoms with Gasteiger partial charge in [-0.1, -0.05) is 15.9 Å². The van der Waals surface area contributed by atoms with Crippen LogP contribution in [0, 0.1) is 16.5 Å². The highest BCUT2D eigenvalue weighted by molar-refractivity contribution is 9.08. The Balaban J connectivity index is 3.17. The number of hydrogen-bond acceptors (Lipinski definition) is 4. The first-order valence-corrected chi connectivity index (χ1v) is 3.46. The number of rotatable bonds is 1. The molecule has 0 unspecified atom stereocenters. The second kappa shape index (κ2) is 2.66. The average Bonchev–Trinajstić information content (AvgIpc) is 2.30. The van der Waals surface area contributed by atoms with Crippen LogP contribution in [0.4, 0.5) is 0 Å². The van der Waals surface area contributed by atoms with Crippen molar-refractivity contribution in [3.05, 3.63) is 16.6 Å². The van der Waals surface area contributed by atoms with Crippen LogP contribution in [-0.2, 0) is 5.33 Å².